The van der Waals surface area contributed by atoms with Gasteiger partial charge in [0.05, 0.1) is 11.4 Å². The zero-order valence-electron chi connectivity index (χ0n) is 9.92. The van der Waals surface area contributed by atoms with E-state index in [0.29, 0.717) is 4.47 Å². The van der Waals surface area contributed by atoms with Gasteiger partial charge in [0.1, 0.15) is 5.82 Å². The number of anilines is 1. The molecular weight excluding hydrogens is 309 g/mol. The Kier molecular flexibility index (Phi) is 4.19. The molecule has 0 aliphatic heterocycles. The first kappa shape index (κ1) is 14.4. The number of hydrogen-bond donors (Lipinski definition) is 1. The van der Waals surface area contributed by atoms with Crippen molar-refractivity contribution in [1.82, 2.24) is 0 Å². The number of rotatable bonds is 3. The van der Waals surface area contributed by atoms with Crippen LogP contribution in [0.5, 0.6) is 0 Å². The van der Waals surface area contributed by atoms with Crippen LogP contribution in [-0.2, 0) is 10.0 Å². The van der Waals surface area contributed by atoms with E-state index in [1.54, 1.807) is 0 Å². The summed E-state index contributed by atoms with van der Waals surface area (Å²) < 4.78 is 39.5. The van der Waals surface area contributed by atoms with Crippen molar-refractivity contribution in [3.63, 3.8) is 0 Å². The predicted octanol–water partition coefficient (Wildman–Crippen LogP) is 3.38. The van der Waals surface area contributed by atoms with Crippen LogP contribution in [0.3, 0.4) is 0 Å². The van der Waals surface area contributed by atoms with E-state index in [1.807, 2.05) is 20.8 Å². The molecule has 0 spiro atoms. The first-order chi connectivity index (χ1) is 7.59. The zero-order chi connectivity index (χ0) is 13.3. The Bertz CT molecular complexity index is 509. The minimum atomic E-state index is -3.48. The van der Waals surface area contributed by atoms with E-state index in [9.17, 15) is 12.8 Å². The Morgan fingerprint density at radius 2 is 1.94 bits per heavy atom. The van der Waals surface area contributed by atoms with Gasteiger partial charge in [0, 0.05) is 4.47 Å². The van der Waals surface area contributed by atoms with Gasteiger partial charge in [0.25, 0.3) is 0 Å². The van der Waals surface area contributed by atoms with Crippen LogP contribution in [0.15, 0.2) is 22.7 Å². The third kappa shape index (κ3) is 5.04. The Morgan fingerprint density at radius 1 is 1.35 bits per heavy atom. The lowest BCUT2D eigenvalue weighted by Crippen LogP contribution is -2.26. The Morgan fingerprint density at radius 3 is 2.47 bits per heavy atom. The second-order valence-corrected chi connectivity index (χ2v) is 7.62. The van der Waals surface area contributed by atoms with Crippen LogP contribution < -0.4 is 4.72 Å². The summed E-state index contributed by atoms with van der Waals surface area (Å²) in [6, 6.07) is 3.86. The van der Waals surface area contributed by atoms with Crippen LogP contribution in [-0.4, -0.2) is 14.2 Å². The van der Waals surface area contributed by atoms with Gasteiger partial charge in [-0.1, -0.05) is 20.8 Å². The highest BCUT2D eigenvalue weighted by Crippen LogP contribution is 2.25. The van der Waals surface area contributed by atoms with Crippen molar-refractivity contribution in [2.24, 2.45) is 5.41 Å². The third-order valence-corrected chi connectivity index (χ3v) is 4.29. The number of hydrogen-bond acceptors (Lipinski definition) is 2. The van der Waals surface area contributed by atoms with E-state index in [2.05, 4.69) is 20.7 Å². The topological polar surface area (TPSA) is 46.2 Å². The molecule has 0 unspecified atom stereocenters. The van der Waals surface area contributed by atoms with Crippen molar-refractivity contribution >= 4 is 31.6 Å². The lowest BCUT2D eigenvalue weighted by molar-refractivity contribution is 0.463. The first-order valence-corrected chi connectivity index (χ1v) is 7.49. The monoisotopic (exact) mass is 323 g/mol. The lowest BCUT2D eigenvalue weighted by atomic mass is 10.0. The highest BCUT2D eigenvalue weighted by Gasteiger charge is 2.22. The van der Waals surface area contributed by atoms with Crippen LogP contribution in [0.4, 0.5) is 10.1 Å². The summed E-state index contributed by atoms with van der Waals surface area (Å²) in [4.78, 5) is 0. The van der Waals surface area contributed by atoms with Crippen LogP contribution in [0.1, 0.15) is 20.8 Å². The molecule has 0 aliphatic rings. The molecule has 1 aromatic rings. The summed E-state index contributed by atoms with van der Waals surface area (Å²) >= 11 is 3.17. The molecule has 0 saturated carbocycles. The van der Waals surface area contributed by atoms with Gasteiger partial charge in [-0.05, 0) is 39.5 Å². The fourth-order valence-corrected chi connectivity index (χ4v) is 3.54. The van der Waals surface area contributed by atoms with Gasteiger partial charge in [-0.2, -0.15) is 0 Å². The highest BCUT2D eigenvalue weighted by molar-refractivity contribution is 9.10. The first-order valence-electron chi connectivity index (χ1n) is 5.05. The quantitative estimate of drug-likeness (QED) is 0.926. The van der Waals surface area contributed by atoms with Gasteiger partial charge >= 0.3 is 0 Å². The standard InChI is InChI=1S/C11H15BrFNO2S/c1-11(2,3)7-17(15,16)14-10-6-8(13)4-5-9(10)12/h4-6,14H,7H2,1-3H3. The van der Waals surface area contributed by atoms with E-state index in [0.717, 1.165) is 6.07 Å². The molecule has 0 aromatic heterocycles. The summed E-state index contributed by atoms with van der Waals surface area (Å²) in [5.74, 6) is -0.509. The van der Waals surface area contributed by atoms with Crippen LogP contribution in [0, 0.1) is 11.2 Å². The fraction of sp³-hybridized carbons (Fsp3) is 0.455. The van der Waals surface area contributed by atoms with Gasteiger partial charge in [-0.25, -0.2) is 12.8 Å². The van der Waals surface area contributed by atoms with E-state index in [4.69, 9.17) is 0 Å². The Balaban J connectivity index is 2.94. The number of halogens is 2. The SMILES string of the molecule is CC(C)(C)CS(=O)(=O)Nc1cc(F)ccc1Br. The third-order valence-electron chi connectivity index (χ3n) is 1.82. The molecule has 0 saturated heterocycles. The van der Waals surface area contributed by atoms with E-state index in [-0.39, 0.29) is 16.9 Å². The molecule has 1 N–H and O–H groups in total. The average molecular weight is 324 g/mol. The van der Waals surface area contributed by atoms with Crippen molar-refractivity contribution in [3.8, 4) is 0 Å². The van der Waals surface area contributed by atoms with E-state index < -0.39 is 15.8 Å². The molecule has 0 heterocycles. The van der Waals surface area contributed by atoms with Crippen molar-refractivity contribution < 1.29 is 12.8 Å². The molecule has 0 fully saturated rings. The maximum atomic E-state index is 13.0. The van der Waals surface area contributed by atoms with Gasteiger partial charge in [-0.3, -0.25) is 4.72 Å². The summed E-state index contributed by atoms with van der Waals surface area (Å²) in [5.41, 5.74) is -0.139. The largest absolute Gasteiger partial charge is 0.282 e. The second kappa shape index (κ2) is 4.94. The van der Waals surface area contributed by atoms with Crippen molar-refractivity contribution in [3.05, 3.63) is 28.5 Å². The Labute approximate surface area is 110 Å². The van der Waals surface area contributed by atoms with Crippen LogP contribution in [0.2, 0.25) is 0 Å². The van der Waals surface area contributed by atoms with E-state index >= 15 is 0 Å². The van der Waals surface area contributed by atoms with Crippen molar-refractivity contribution in [2.45, 2.75) is 20.8 Å². The van der Waals surface area contributed by atoms with Crippen LogP contribution >= 0.6 is 15.9 Å². The summed E-state index contributed by atoms with van der Waals surface area (Å²) in [6.45, 7) is 5.48. The average Bonchev–Trinajstić information content (AvgIpc) is 2.06. The smallest absolute Gasteiger partial charge is 0.233 e. The van der Waals surface area contributed by atoms with E-state index in [1.165, 1.54) is 12.1 Å². The van der Waals surface area contributed by atoms with Gasteiger partial charge in [0.15, 0.2) is 0 Å². The molecule has 0 bridgehead atoms. The number of benzene rings is 1. The summed E-state index contributed by atoms with van der Waals surface area (Å²) in [5, 5.41) is 0. The van der Waals surface area contributed by atoms with Gasteiger partial charge < -0.3 is 0 Å². The minimum absolute atomic E-state index is 0.0248. The van der Waals surface area contributed by atoms with Crippen molar-refractivity contribution in [1.29, 1.82) is 0 Å². The molecule has 0 atom stereocenters. The molecule has 6 heteroatoms. The maximum absolute atomic E-state index is 13.0. The molecule has 0 aliphatic carbocycles. The lowest BCUT2D eigenvalue weighted by Gasteiger charge is -2.19. The predicted molar refractivity (Wildman–Crippen MR) is 71.0 cm³/mol. The minimum Gasteiger partial charge on any atom is -0.282 e. The molecule has 0 radical (unpaired) electrons. The maximum Gasteiger partial charge on any atom is 0.233 e. The number of sulfonamides is 1. The second-order valence-electron chi connectivity index (χ2n) is 5.05. The molecule has 0 amide bonds. The molecule has 3 nitrogen and oxygen atoms in total. The zero-order valence-corrected chi connectivity index (χ0v) is 12.3. The number of nitrogens with one attached hydrogen (secondary N) is 1. The molecule has 96 valence electrons. The normalized spacial score (nSPS) is 12.5. The fourth-order valence-electron chi connectivity index (χ4n) is 1.35. The molecular formula is C11H15BrFNO2S. The summed E-state index contributed by atoms with van der Waals surface area (Å²) in [6.07, 6.45) is 0. The van der Waals surface area contributed by atoms with Crippen molar-refractivity contribution in [2.75, 3.05) is 10.5 Å². The summed E-state index contributed by atoms with van der Waals surface area (Å²) in [7, 11) is -3.48. The molecule has 17 heavy (non-hydrogen) atoms. The van der Waals surface area contributed by atoms with Gasteiger partial charge in [0.2, 0.25) is 10.0 Å². The van der Waals surface area contributed by atoms with Crippen LogP contribution in [0.25, 0.3) is 0 Å². The molecule has 1 aromatic carbocycles. The molecule has 1 rings (SSSR count). The highest BCUT2D eigenvalue weighted by atomic mass is 79.9. The Hall–Kier alpha value is -0.620. The van der Waals surface area contributed by atoms with Gasteiger partial charge in [-0.15, -0.1) is 0 Å².